The number of ether oxygens (including phenoxy) is 1. The Morgan fingerprint density at radius 2 is 1.96 bits per heavy atom. The van der Waals surface area contributed by atoms with Gasteiger partial charge in [-0.05, 0) is 38.3 Å². The third-order valence-electron chi connectivity index (χ3n) is 4.70. The molecule has 0 saturated carbocycles. The Bertz CT molecular complexity index is 793. The molecule has 2 N–H and O–H groups in total. The van der Waals surface area contributed by atoms with Gasteiger partial charge in [0.2, 0.25) is 5.91 Å². The largest absolute Gasteiger partial charge is 0.478 e. The molecule has 1 amide bonds. The van der Waals surface area contributed by atoms with Crippen LogP contribution in [0.15, 0.2) is 34.7 Å². The van der Waals surface area contributed by atoms with Crippen LogP contribution >= 0.6 is 0 Å². The summed E-state index contributed by atoms with van der Waals surface area (Å²) in [6.45, 7) is 4.41. The fraction of sp³-hybridized carbons (Fsp3) is 0.400. The van der Waals surface area contributed by atoms with Crippen LogP contribution in [-0.4, -0.2) is 23.6 Å². The van der Waals surface area contributed by atoms with Gasteiger partial charge in [0.15, 0.2) is 0 Å². The van der Waals surface area contributed by atoms with Gasteiger partial charge in [-0.3, -0.25) is 4.79 Å². The summed E-state index contributed by atoms with van der Waals surface area (Å²) in [5, 5.41) is 11.9. The first-order chi connectivity index (χ1) is 12.5. The Labute approximate surface area is 152 Å². The molecule has 2 aromatic rings. The normalized spacial score (nSPS) is 19.9. The number of carbonyl (C=O) groups excluding carboxylic acids is 1. The van der Waals surface area contributed by atoms with Crippen LogP contribution in [0.1, 0.15) is 52.0 Å². The van der Waals surface area contributed by atoms with Gasteiger partial charge in [0.25, 0.3) is 0 Å². The lowest BCUT2D eigenvalue weighted by Gasteiger charge is -2.31. The summed E-state index contributed by atoms with van der Waals surface area (Å²) in [5.74, 6) is -0.663. The molecule has 1 fully saturated rings. The van der Waals surface area contributed by atoms with Crippen LogP contribution in [0, 0.1) is 19.8 Å². The van der Waals surface area contributed by atoms with Crippen LogP contribution in [-0.2, 0) is 16.1 Å². The number of hydrogen-bond donors (Lipinski definition) is 2. The van der Waals surface area contributed by atoms with E-state index in [1.807, 2.05) is 31.2 Å². The first-order valence-electron chi connectivity index (χ1n) is 8.74. The van der Waals surface area contributed by atoms with Crippen molar-refractivity contribution in [1.29, 1.82) is 0 Å². The minimum Gasteiger partial charge on any atom is -0.478 e. The zero-order valence-electron chi connectivity index (χ0n) is 15.0. The van der Waals surface area contributed by atoms with E-state index in [4.69, 9.17) is 14.3 Å². The molecule has 2 heterocycles. The van der Waals surface area contributed by atoms with Gasteiger partial charge in [-0.1, -0.05) is 29.8 Å². The lowest BCUT2D eigenvalue weighted by atomic mass is 9.88. The van der Waals surface area contributed by atoms with Crippen LogP contribution in [0.5, 0.6) is 0 Å². The molecule has 2 atom stereocenters. The van der Waals surface area contributed by atoms with Crippen molar-refractivity contribution < 1.29 is 23.8 Å². The molecule has 0 aliphatic carbocycles. The average molecular weight is 357 g/mol. The zero-order chi connectivity index (χ0) is 18.7. The molecule has 1 aliphatic heterocycles. The number of rotatable bonds is 5. The van der Waals surface area contributed by atoms with E-state index in [9.17, 15) is 9.59 Å². The number of amides is 1. The van der Waals surface area contributed by atoms with E-state index in [0.29, 0.717) is 18.1 Å². The number of hydrogen-bond acceptors (Lipinski definition) is 4. The van der Waals surface area contributed by atoms with Crippen LogP contribution in [0.3, 0.4) is 0 Å². The van der Waals surface area contributed by atoms with E-state index in [1.165, 1.54) is 6.07 Å². The summed E-state index contributed by atoms with van der Waals surface area (Å²) in [4.78, 5) is 23.8. The van der Waals surface area contributed by atoms with Crippen molar-refractivity contribution in [2.75, 3.05) is 6.61 Å². The standard InChI is InChI=1S/C20H23NO5/c1-12-5-7-14(8-6-12)18-16(4-3-9-25-18)19(22)21-11-15-10-17(20(23)24)13(2)26-15/h5-8,10,16,18H,3-4,9,11H2,1-2H3,(H,21,22)(H,23,24)/t16-,18+/m1/s1. The van der Waals surface area contributed by atoms with Crippen LogP contribution < -0.4 is 5.32 Å². The van der Waals surface area contributed by atoms with Crippen molar-refractivity contribution in [3.05, 3.63) is 58.5 Å². The Hall–Kier alpha value is -2.60. The molecule has 0 radical (unpaired) electrons. The number of carboxylic acid groups (broad SMARTS) is 1. The molecule has 0 bridgehead atoms. The van der Waals surface area contributed by atoms with Gasteiger partial charge in [0, 0.05) is 6.61 Å². The summed E-state index contributed by atoms with van der Waals surface area (Å²) in [5.41, 5.74) is 2.28. The molecular weight excluding hydrogens is 334 g/mol. The van der Waals surface area contributed by atoms with Crippen molar-refractivity contribution in [3.63, 3.8) is 0 Å². The van der Waals surface area contributed by atoms with Gasteiger partial charge in [-0.2, -0.15) is 0 Å². The SMILES string of the molecule is Cc1ccc([C@@H]2OCCC[C@H]2C(=O)NCc2cc(C(=O)O)c(C)o2)cc1. The summed E-state index contributed by atoms with van der Waals surface area (Å²) in [6.07, 6.45) is 1.32. The molecule has 1 aromatic heterocycles. The molecule has 1 aliphatic rings. The highest BCUT2D eigenvalue weighted by atomic mass is 16.5. The molecule has 3 rings (SSSR count). The summed E-state index contributed by atoms with van der Waals surface area (Å²) >= 11 is 0. The van der Waals surface area contributed by atoms with Gasteiger partial charge in [0.05, 0.1) is 18.6 Å². The third-order valence-corrected chi connectivity index (χ3v) is 4.70. The van der Waals surface area contributed by atoms with E-state index >= 15 is 0 Å². The minimum absolute atomic E-state index is 0.110. The predicted molar refractivity (Wildman–Crippen MR) is 94.8 cm³/mol. The van der Waals surface area contributed by atoms with Gasteiger partial charge in [-0.15, -0.1) is 0 Å². The maximum absolute atomic E-state index is 12.7. The van der Waals surface area contributed by atoms with Crippen LogP contribution in [0.2, 0.25) is 0 Å². The second-order valence-electron chi connectivity index (χ2n) is 6.66. The van der Waals surface area contributed by atoms with E-state index < -0.39 is 5.97 Å². The second kappa shape index (κ2) is 7.74. The van der Waals surface area contributed by atoms with Crippen LogP contribution in [0.4, 0.5) is 0 Å². The van der Waals surface area contributed by atoms with E-state index in [1.54, 1.807) is 6.92 Å². The highest BCUT2D eigenvalue weighted by Crippen LogP contribution is 2.34. The number of carboxylic acids is 1. The van der Waals surface area contributed by atoms with E-state index in [-0.39, 0.29) is 30.0 Å². The average Bonchev–Trinajstić information content (AvgIpc) is 3.01. The monoisotopic (exact) mass is 357 g/mol. The Morgan fingerprint density at radius 1 is 1.23 bits per heavy atom. The quantitative estimate of drug-likeness (QED) is 0.856. The molecule has 0 unspecified atom stereocenters. The third kappa shape index (κ3) is 3.96. The Balaban J connectivity index is 1.68. The number of nitrogens with one attached hydrogen (secondary N) is 1. The van der Waals surface area contributed by atoms with Crippen LogP contribution in [0.25, 0.3) is 0 Å². The maximum atomic E-state index is 12.7. The summed E-state index contributed by atoms with van der Waals surface area (Å²) in [6, 6.07) is 9.48. The van der Waals surface area contributed by atoms with Gasteiger partial charge < -0.3 is 19.6 Å². The Morgan fingerprint density at radius 3 is 2.62 bits per heavy atom. The number of benzene rings is 1. The molecule has 1 saturated heterocycles. The minimum atomic E-state index is -1.04. The van der Waals surface area contributed by atoms with Gasteiger partial charge >= 0.3 is 5.97 Å². The molecule has 138 valence electrons. The number of aromatic carboxylic acids is 1. The molecule has 6 heteroatoms. The van der Waals surface area contributed by atoms with Crippen molar-refractivity contribution in [3.8, 4) is 0 Å². The highest BCUT2D eigenvalue weighted by Gasteiger charge is 2.33. The topological polar surface area (TPSA) is 88.8 Å². The second-order valence-corrected chi connectivity index (χ2v) is 6.66. The highest BCUT2D eigenvalue weighted by molar-refractivity contribution is 5.88. The smallest absolute Gasteiger partial charge is 0.339 e. The first-order valence-corrected chi connectivity index (χ1v) is 8.74. The number of aryl methyl sites for hydroxylation is 2. The van der Waals surface area contributed by atoms with Crippen molar-refractivity contribution in [1.82, 2.24) is 5.32 Å². The lowest BCUT2D eigenvalue weighted by Crippen LogP contribution is -2.37. The van der Waals surface area contributed by atoms with Crippen molar-refractivity contribution >= 4 is 11.9 Å². The van der Waals surface area contributed by atoms with Crippen molar-refractivity contribution in [2.24, 2.45) is 5.92 Å². The Kier molecular flexibility index (Phi) is 5.42. The molecule has 0 spiro atoms. The molecule has 6 nitrogen and oxygen atoms in total. The molecule has 26 heavy (non-hydrogen) atoms. The van der Waals surface area contributed by atoms with Gasteiger partial charge in [0.1, 0.15) is 17.1 Å². The van der Waals surface area contributed by atoms with E-state index in [0.717, 1.165) is 24.0 Å². The summed E-state index contributed by atoms with van der Waals surface area (Å²) in [7, 11) is 0. The lowest BCUT2D eigenvalue weighted by molar-refractivity contribution is -0.135. The molecule has 1 aromatic carbocycles. The number of carbonyl (C=O) groups is 2. The summed E-state index contributed by atoms with van der Waals surface area (Å²) < 4.78 is 11.3. The van der Waals surface area contributed by atoms with E-state index in [2.05, 4.69) is 5.32 Å². The zero-order valence-corrected chi connectivity index (χ0v) is 15.0. The maximum Gasteiger partial charge on any atom is 0.339 e. The van der Waals surface area contributed by atoms with Crippen molar-refractivity contribution in [2.45, 2.75) is 39.3 Å². The van der Waals surface area contributed by atoms with Gasteiger partial charge in [-0.25, -0.2) is 4.79 Å². The fourth-order valence-electron chi connectivity index (χ4n) is 3.28. The predicted octanol–water partition coefficient (Wildman–Crippen LogP) is 3.38. The number of furan rings is 1. The first kappa shape index (κ1) is 18.2. The molecular formula is C20H23NO5. The fourth-order valence-corrected chi connectivity index (χ4v) is 3.28.